The second-order valence-corrected chi connectivity index (χ2v) is 3.28. The van der Waals surface area contributed by atoms with Crippen molar-refractivity contribution in [2.75, 3.05) is 18.1 Å². The molecule has 3 nitrogen and oxygen atoms in total. The van der Waals surface area contributed by atoms with Crippen LogP contribution in [0.3, 0.4) is 0 Å². The van der Waals surface area contributed by atoms with Crippen LogP contribution in [0.5, 0.6) is 0 Å². The lowest BCUT2D eigenvalue weighted by Crippen LogP contribution is -2.39. The highest BCUT2D eigenvalue weighted by atomic mass is 35.5. The van der Waals surface area contributed by atoms with Gasteiger partial charge in [0.1, 0.15) is 0 Å². The van der Waals surface area contributed by atoms with E-state index in [1.165, 1.54) is 11.8 Å². The summed E-state index contributed by atoms with van der Waals surface area (Å²) >= 11 is 6.63. The van der Waals surface area contributed by atoms with Crippen LogP contribution in [0.2, 0.25) is 0 Å². The molecule has 0 spiro atoms. The molecule has 5 heteroatoms. The van der Waals surface area contributed by atoms with Crippen molar-refractivity contribution >= 4 is 34.6 Å². The van der Waals surface area contributed by atoms with Crippen LogP contribution >= 0.6 is 23.4 Å². The van der Waals surface area contributed by atoms with Gasteiger partial charge in [0.15, 0.2) is 0 Å². The van der Waals surface area contributed by atoms with Crippen molar-refractivity contribution in [2.45, 2.75) is 0 Å². The molecule has 10 heavy (non-hydrogen) atoms. The molecule has 56 valence electrons. The fourth-order valence-electron chi connectivity index (χ4n) is 0.704. The van der Waals surface area contributed by atoms with Gasteiger partial charge in [0.05, 0.1) is 5.75 Å². The number of nitrogens with zero attached hydrogens (tertiary/aromatic N) is 1. The smallest absolute Gasteiger partial charge is 0.273 e. The predicted octanol–water partition coefficient (Wildman–Crippen LogP) is 0.921. The Kier molecular flexibility index (Phi) is 2.56. The molecular weight excluding hydrogens is 174 g/mol. The molecule has 1 rings (SSSR count). The molecule has 0 unspecified atom stereocenters. The van der Waals surface area contributed by atoms with E-state index in [2.05, 4.69) is 0 Å². The lowest BCUT2D eigenvalue weighted by molar-refractivity contribution is -0.125. The first kappa shape index (κ1) is 7.88. The number of rotatable bonds is 0. The van der Waals surface area contributed by atoms with Crippen molar-refractivity contribution in [3.8, 4) is 0 Å². The van der Waals surface area contributed by atoms with Crippen LogP contribution in [0.1, 0.15) is 0 Å². The standard InChI is InChI=1S/C5H6ClNO2S/c6-5(9)7-1-2-10-3-4(7)8/h1-3H2. The fraction of sp³-hybridized carbons (Fsp3) is 0.600. The molecule has 1 aliphatic rings. The Labute approximate surface area is 67.7 Å². The molecule has 1 heterocycles. The molecule has 1 aliphatic heterocycles. The third-order valence-electron chi connectivity index (χ3n) is 1.20. The van der Waals surface area contributed by atoms with Crippen LogP contribution in [0.25, 0.3) is 0 Å². The summed E-state index contributed by atoms with van der Waals surface area (Å²) in [6.45, 7) is 0.450. The van der Waals surface area contributed by atoms with E-state index in [1.807, 2.05) is 0 Å². The molecule has 0 aromatic carbocycles. The van der Waals surface area contributed by atoms with Crippen LogP contribution in [-0.2, 0) is 4.79 Å². The first-order valence-corrected chi connectivity index (χ1v) is 4.32. The van der Waals surface area contributed by atoms with Crippen molar-refractivity contribution in [1.29, 1.82) is 0 Å². The maximum Gasteiger partial charge on any atom is 0.323 e. The second kappa shape index (κ2) is 3.25. The van der Waals surface area contributed by atoms with Gasteiger partial charge in [0.2, 0.25) is 5.91 Å². The SMILES string of the molecule is O=C(Cl)N1CCSCC1=O. The van der Waals surface area contributed by atoms with E-state index >= 15 is 0 Å². The molecule has 0 aromatic heterocycles. The minimum Gasteiger partial charge on any atom is -0.273 e. The third-order valence-corrected chi connectivity index (χ3v) is 2.32. The van der Waals surface area contributed by atoms with Crippen molar-refractivity contribution < 1.29 is 9.59 Å². The van der Waals surface area contributed by atoms with Gasteiger partial charge in [-0.15, -0.1) is 0 Å². The zero-order chi connectivity index (χ0) is 7.56. The highest BCUT2D eigenvalue weighted by Gasteiger charge is 2.22. The van der Waals surface area contributed by atoms with Gasteiger partial charge in [0.25, 0.3) is 0 Å². The number of hydrogen-bond donors (Lipinski definition) is 0. The second-order valence-electron chi connectivity index (χ2n) is 1.85. The Hall–Kier alpha value is -0.220. The van der Waals surface area contributed by atoms with Gasteiger partial charge in [-0.2, -0.15) is 11.8 Å². The first-order chi connectivity index (χ1) is 4.72. The van der Waals surface area contributed by atoms with Crippen LogP contribution < -0.4 is 0 Å². The van der Waals surface area contributed by atoms with Crippen molar-refractivity contribution in [2.24, 2.45) is 0 Å². The molecule has 0 saturated carbocycles. The minimum atomic E-state index is -0.662. The van der Waals surface area contributed by atoms with E-state index < -0.39 is 5.37 Å². The molecule has 1 saturated heterocycles. The predicted molar refractivity (Wildman–Crippen MR) is 40.3 cm³/mol. The van der Waals surface area contributed by atoms with Crippen molar-refractivity contribution in [3.63, 3.8) is 0 Å². The molecule has 2 amide bonds. The van der Waals surface area contributed by atoms with E-state index in [0.717, 1.165) is 10.7 Å². The first-order valence-electron chi connectivity index (χ1n) is 2.79. The van der Waals surface area contributed by atoms with Gasteiger partial charge in [-0.25, -0.2) is 0 Å². The third kappa shape index (κ3) is 1.64. The van der Waals surface area contributed by atoms with Gasteiger partial charge < -0.3 is 0 Å². The van der Waals surface area contributed by atoms with Crippen molar-refractivity contribution in [1.82, 2.24) is 4.90 Å². The number of carbonyl (C=O) groups is 2. The highest BCUT2D eigenvalue weighted by Crippen LogP contribution is 2.11. The molecule has 0 bridgehead atoms. The van der Waals surface area contributed by atoms with Crippen LogP contribution in [0, 0.1) is 0 Å². The summed E-state index contributed by atoms with van der Waals surface area (Å²) < 4.78 is 0. The summed E-state index contributed by atoms with van der Waals surface area (Å²) in [4.78, 5) is 22.4. The van der Waals surface area contributed by atoms with E-state index in [-0.39, 0.29) is 5.91 Å². The normalized spacial score (nSPS) is 19.3. The van der Waals surface area contributed by atoms with E-state index in [0.29, 0.717) is 12.3 Å². The number of halogens is 1. The summed E-state index contributed by atoms with van der Waals surface area (Å²) in [6.07, 6.45) is 0. The number of hydrogen-bond acceptors (Lipinski definition) is 3. The Balaban J connectivity index is 2.56. The summed E-state index contributed by atoms with van der Waals surface area (Å²) in [5.41, 5.74) is 0. The average molecular weight is 180 g/mol. The molecule has 0 aromatic rings. The summed E-state index contributed by atoms with van der Waals surface area (Å²) in [5.74, 6) is 0.985. The number of thioether (sulfide) groups is 1. The van der Waals surface area contributed by atoms with Crippen LogP contribution in [0.4, 0.5) is 4.79 Å². The lowest BCUT2D eigenvalue weighted by Gasteiger charge is -2.21. The lowest BCUT2D eigenvalue weighted by atomic mass is 10.5. The number of amides is 2. The Morgan fingerprint density at radius 1 is 1.70 bits per heavy atom. The topological polar surface area (TPSA) is 37.4 Å². The van der Waals surface area contributed by atoms with Gasteiger partial charge in [-0.05, 0) is 11.6 Å². The molecule has 0 aliphatic carbocycles. The Bertz CT molecular complexity index is 173. The van der Waals surface area contributed by atoms with Crippen LogP contribution in [-0.4, -0.2) is 34.2 Å². The summed E-state index contributed by atoms with van der Waals surface area (Å²) in [5, 5.41) is -0.662. The minimum absolute atomic E-state index is 0.184. The molecule has 0 N–H and O–H groups in total. The van der Waals surface area contributed by atoms with Gasteiger partial charge in [-0.1, -0.05) is 0 Å². The Morgan fingerprint density at radius 3 is 2.80 bits per heavy atom. The van der Waals surface area contributed by atoms with Crippen LogP contribution in [0.15, 0.2) is 0 Å². The van der Waals surface area contributed by atoms with E-state index in [1.54, 1.807) is 0 Å². The number of imide groups is 1. The molecular formula is C5H6ClNO2S. The maximum absolute atomic E-state index is 10.8. The number of carbonyl (C=O) groups excluding carboxylic acids is 2. The molecule has 0 radical (unpaired) electrons. The van der Waals surface area contributed by atoms with E-state index in [9.17, 15) is 9.59 Å². The van der Waals surface area contributed by atoms with Gasteiger partial charge in [-0.3, -0.25) is 14.5 Å². The molecule has 1 fully saturated rings. The zero-order valence-electron chi connectivity index (χ0n) is 5.17. The van der Waals surface area contributed by atoms with Gasteiger partial charge >= 0.3 is 5.37 Å². The fourth-order valence-corrected chi connectivity index (χ4v) is 1.67. The van der Waals surface area contributed by atoms with Gasteiger partial charge in [0, 0.05) is 12.3 Å². The summed E-state index contributed by atoms with van der Waals surface area (Å²) in [7, 11) is 0. The zero-order valence-corrected chi connectivity index (χ0v) is 6.74. The maximum atomic E-state index is 10.8. The Morgan fingerprint density at radius 2 is 2.40 bits per heavy atom. The highest BCUT2D eigenvalue weighted by molar-refractivity contribution is 8.00. The monoisotopic (exact) mass is 179 g/mol. The summed E-state index contributed by atoms with van der Waals surface area (Å²) in [6, 6.07) is 0. The van der Waals surface area contributed by atoms with Crippen molar-refractivity contribution in [3.05, 3.63) is 0 Å². The van der Waals surface area contributed by atoms with E-state index in [4.69, 9.17) is 11.6 Å². The largest absolute Gasteiger partial charge is 0.323 e. The average Bonchev–Trinajstić information content (AvgIpc) is 1.88. The molecule has 0 atom stereocenters. The quantitative estimate of drug-likeness (QED) is 0.410.